The van der Waals surface area contributed by atoms with Gasteiger partial charge in [0, 0.05) is 19.5 Å². The standard InChI is InChI=1S/C26H35NO/c1-17-16-22-26(3,15-13-23(28)27(22)4)21-12-14-25(2)19(10-11-20(25)24(17)21)18-8-6-5-7-9-18/h5-10,17,20-22,24H,11-16H2,1-4H3/t17-,20-,21-,22+,24-,25+,26+/m0/s1. The minimum atomic E-state index is 0.302. The molecule has 28 heavy (non-hydrogen) atoms. The number of nitrogens with zero attached hydrogens (tertiary/aromatic N) is 1. The van der Waals surface area contributed by atoms with Gasteiger partial charge in [0.15, 0.2) is 0 Å². The summed E-state index contributed by atoms with van der Waals surface area (Å²) in [5, 5.41) is 0. The fourth-order valence-electron chi connectivity index (χ4n) is 8.10. The van der Waals surface area contributed by atoms with Crippen molar-refractivity contribution in [3.8, 4) is 0 Å². The first-order valence-electron chi connectivity index (χ1n) is 11.4. The normalized spacial score (nSPS) is 45.1. The lowest BCUT2D eigenvalue weighted by Gasteiger charge is -2.63. The van der Waals surface area contributed by atoms with Crippen LogP contribution in [0.3, 0.4) is 0 Å². The molecule has 2 nitrogen and oxygen atoms in total. The summed E-state index contributed by atoms with van der Waals surface area (Å²) >= 11 is 0. The van der Waals surface area contributed by atoms with Gasteiger partial charge in [-0.15, -0.1) is 0 Å². The van der Waals surface area contributed by atoms with Crippen molar-refractivity contribution in [2.75, 3.05) is 7.05 Å². The van der Waals surface area contributed by atoms with Crippen molar-refractivity contribution in [2.45, 2.75) is 65.3 Å². The van der Waals surface area contributed by atoms with Gasteiger partial charge in [-0.25, -0.2) is 0 Å². The molecule has 3 fully saturated rings. The quantitative estimate of drug-likeness (QED) is 0.606. The maximum atomic E-state index is 12.4. The van der Waals surface area contributed by atoms with Gasteiger partial charge in [0.25, 0.3) is 0 Å². The second-order valence-corrected chi connectivity index (χ2v) is 10.7. The lowest BCUT2D eigenvalue weighted by Crippen LogP contribution is -2.63. The van der Waals surface area contributed by atoms with E-state index < -0.39 is 0 Å². The van der Waals surface area contributed by atoms with Crippen LogP contribution in [0.5, 0.6) is 0 Å². The second-order valence-electron chi connectivity index (χ2n) is 10.7. The average molecular weight is 378 g/mol. The Morgan fingerprint density at radius 1 is 1.07 bits per heavy atom. The van der Waals surface area contributed by atoms with Crippen LogP contribution in [0.15, 0.2) is 36.4 Å². The number of amides is 1. The Hall–Kier alpha value is -1.57. The van der Waals surface area contributed by atoms with Crippen molar-refractivity contribution >= 4 is 11.5 Å². The maximum Gasteiger partial charge on any atom is 0.222 e. The number of rotatable bonds is 1. The number of hydrogen-bond donors (Lipinski definition) is 0. The predicted molar refractivity (Wildman–Crippen MR) is 115 cm³/mol. The average Bonchev–Trinajstić information content (AvgIpc) is 3.05. The number of carbonyl (C=O) groups is 1. The van der Waals surface area contributed by atoms with Gasteiger partial charge in [-0.3, -0.25) is 4.79 Å². The lowest BCUT2D eigenvalue weighted by atomic mass is 9.44. The predicted octanol–water partition coefficient (Wildman–Crippen LogP) is 5.79. The number of allylic oxidation sites excluding steroid dienone is 2. The molecule has 1 aromatic carbocycles. The molecule has 2 heteroatoms. The van der Waals surface area contributed by atoms with Gasteiger partial charge < -0.3 is 4.90 Å². The summed E-state index contributed by atoms with van der Waals surface area (Å²) in [7, 11) is 2.06. The van der Waals surface area contributed by atoms with Crippen LogP contribution in [0.1, 0.15) is 64.9 Å². The topological polar surface area (TPSA) is 20.3 Å². The van der Waals surface area contributed by atoms with Crippen LogP contribution in [-0.2, 0) is 4.79 Å². The Balaban J connectivity index is 1.49. The summed E-state index contributed by atoms with van der Waals surface area (Å²) in [4.78, 5) is 14.5. The zero-order valence-corrected chi connectivity index (χ0v) is 17.9. The third kappa shape index (κ3) is 2.36. The van der Waals surface area contributed by atoms with Crippen LogP contribution in [0, 0.1) is 34.5 Å². The smallest absolute Gasteiger partial charge is 0.222 e. The van der Waals surface area contributed by atoms with Crippen molar-refractivity contribution < 1.29 is 4.79 Å². The second kappa shape index (κ2) is 6.21. The molecule has 0 N–H and O–H groups in total. The molecule has 1 saturated heterocycles. The van der Waals surface area contributed by atoms with Gasteiger partial charge in [-0.05, 0) is 77.7 Å². The summed E-state index contributed by atoms with van der Waals surface area (Å²) in [5.74, 6) is 3.38. The van der Waals surface area contributed by atoms with E-state index in [1.807, 2.05) is 0 Å². The molecular weight excluding hydrogens is 342 g/mol. The molecule has 0 radical (unpaired) electrons. The largest absolute Gasteiger partial charge is 0.342 e. The van der Waals surface area contributed by atoms with E-state index in [2.05, 4.69) is 69.1 Å². The van der Waals surface area contributed by atoms with Crippen LogP contribution < -0.4 is 0 Å². The maximum absolute atomic E-state index is 12.4. The summed E-state index contributed by atoms with van der Waals surface area (Å²) in [5.41, 5.74) is 3.65. The molecular formula is C26H35NO. The zero-order chi connectivity index (χ0) is 19.7. The Labute approximate surface area is 170 Å². The zero-order valence-electron chi connectivity index (χ0n) is 17.9. The number of carbonyl (C=O) groups excluding carboxylic acids is 1. The van der Waals surface area contributed by atoms with E-state index in [1.54, 1.807) is 5.57 Å². The van der Waals surface area contributed by atoms with Gasteiger partial charge in [-0.2, -0.15) is 0 Å². The van der Waals surface area contributed by atoms with Gasteiger partial charge in [-0.1, -0.05) is 57.2 Å². The van der Waals surface area contributed by atoms with Gasteiger partial charge in [0.05, 0.1) is 0 Å². The third-order valence-electron chi connectivity index (χ3n) is 9.60. The third-order valence-corrected chi connectivity index (χ3v) is 9.60. The van der Waals surface area contributed by atoms with E-state index in [0.29, 0.717) is 28.7 Å². The van der Waals surface area contributed by atoms with Crippen LogP contribution in [0.25, 0.3) is 5.57 Å². The molecule has 3 aliphatic carbocycles. The Kier molecular flexibility index (Phi) is 4.09. The van der Waals surface area contributed by atoms with Crippen LogP contribution in [-0.4, -0.2) is 23.9 Å². The summed E-state index contributed by atoms with van der Waals surface area (Å²) in [6, 6.07) is 11.5. The highest BCUT2D eigenvalue weighted by Gasteiger charge is 2.61. The van der Waals surface area contributed by atoms with Crippen LogP contribution in [0.4, 0.5) is 0 Å². The monoisotopic (exact) mass is 377 g/mol. The lowest BCUT2D eigenvalue weighted by molar-refractivity contribution is -0.162. The molecule has 1 aromatic rings. The number of benzene rings is 1. The number of piperidine rings is 1. The van der Waals surface area contributed by atoms with E-state index in [1.165, 1.54) is 31.2 Å². The van der Waals surface area contributed by atoms with E-state index >= 15 is 0 Å². The Bertz CT molecular complexity index is 813. The SMILES string of the molecule is C[C@H]1C[C@H]2N(C)C(=O)CC[C@]2(C)[C@H]2CC[C@]3(C)C(c4ccccc4)=CC[C@H]3[C@H]12. The molecule has 0 bridgehead atoms. The van der Waals surface area contributed by atoms with E-state index in [0.717, 1.165) is 30.6 Å². The molecule has 0 unspecified atom stereocenters. The molecule has 0 spiro atoms. The molecule has 1 aliphatic heterocycles. The van der Waals surface area contributed by atoms with Crippen LogP contribution in [0.2, 0.25) is 0 Å². The van der Waals surface area contributed by atoms with Crippen molar-refractivity contribution in [1.82, 2.24) is 4.90 Å². The van der Waals surface area contributed by atoms with E-state index in [9.17, 15) is 4.79 Å². The van der Waals surface area contributed by atoms with Crippen molar-refractivity contribution in [3.05, 3.63) is 42.0 Å². The fourth-order valence-corrected chi connectivity index (χ4v) is 8.10. The molecule has 2 saturated carbocycles. The highest BCUT2D eigenvalue weighted by atomic mass is 16.2. The Morgan fingerprint density at radius 3 is 2.57 bits per heavy atom. The molecule has 150 valence electrons. The fraction of sp³-hybridized carbons (Fsp3) is 0.654. The van der Waals surface area contributed by atoms with Crippen molar-refractivity contribution in [2.24, 2.45) is 34.5 Å². The highest BCUT2D eigenvalue weighted by molar-refractivity contribution is 5.77. The molecule has 1 amide bonds. The Morgan fingerprint density at radius 2 is 1.82 bits per heavy atom. The van der Waals surface area contributed by atoms with Gasteiger partial charge in [0.1, 0.15) is 0 Å². The van der Waals surface area contributed by atoms with Gasteiger partial charge in [0.2, 0.25) is 5.91 Å². The molecule has 0 aromatic heterocycles. The van der Waals surface area contributed by atoms with Crippen LogP contribution >= 0.6 is 0 Å². The number of likely N-dealkylation sites (tertiary alicyclic amines) is 1. The van der Waals surface area contributed by atoms with Crippen molar-refractivity contribution in [3.63, 3.8) is 0 Å². The number of fused-ring (bicyclic) bond motifs is 5. The van der Waals surface area contributed by atoms with E-state index in [4.69, 9.17) is 0 Å². The molecule has 1 heterocycles. The summed E-state index contributed by atoms with van der Waals surface area (Å²) in [6.45, 7) is 7.56. The first-order chi connectivity index (χ1) is 13.4. The van der Waals surface area contributed by atoms with Crippen molar-refractivity contribution in [1.29, 1.82) is 0 Å². The summed E-state index contributed by atoms with van der Waals surface area (Å²) < 4.78 is 0. The molecule has 7 atom stereocenters. The summed E-state index contributed by atoms with van der Waals surface area (Å²) in [6.07, 6.45) is 9.45. The first-order valence-corrected chi connectivity index (χ1v) is 11.4. The molecule has 4 aliphatic rings. The number of hydrogen-bond acceptors (Lipinski definition) is 1. The molecule has 5 rings (SSSR count). The minimum Gasteiger partial charge on any atom is -0.342 e. The minimum absolute atomic E-state index is 0.302. The van der Waals surface area contributed by atoms with Gasteiger partial charge >= 0.3 is 0 Å². The highest BCUT2D eigenvalue weighted by Crippen LogP contribution is 2.67. The van der Waals surface area contributed by atoms with E-state index in [-0.39, 0.29) is 0 Å². The first kappa shape index (κ1) is 18.5.